The first-order valence-electron chi connectivity index (χ1n) is 26.3. The van der Waals surface area contributed by atoms with Gasteiger partial charge in [0.2, 0.25) is 0 Å². The molecule has 0 bridgehead atoms. The molecular formula is C72H53NSi2. The molecule has 3 heteroatoms. The molecule has 12 aromatic rings. The van der Waals surface area contributed by atoms with Gasteiger partial charge in [0.25, 0.3) is 0 Å². The molecule has 0 saturated carbocycles. The van der Waals surface area contributed by atoms with E-state index in [9.17, 15) is 0 Å². The Bertz CT molecular complexity index is 3560. The third-order valence-electron chi connectivity index (χ3n) is 16.8. The standard InChI is InChI=1S/C72H53NSi2/c1-10-32-54(33-11-1)71(55-34-12-2-13-35-55)63-50-28-30-52-65(63)74(59-42-20-6-21-43-59,60-44-22-7-23-45-60)67-68-70(73(69(67)71)58-40-18-5-19-41-58)72(56-36-14-3-15-37-56,57-38-16-4-17-39-57)64-51-29-31-53-66(64)75(68,61-46-24-8-25-47-61)62-48-26-9-27-49-62/h1-53H. The molecule has 0 atom stereocenters. The Morgan fingerprint density at radius 2 is 0.453 bits per heavy atom. The van der Waals surface area contributed by atoms with Gasteiger partial charge in [-0.05, 0) is 87.0 Å². The summed E-state index contributed by atoms with van der Waals surface area (Å²) in [5, 5.41) is 11.2. The van der Waals surface area contributed by atoms with Crippen LogP contribution in [0.3, 0.4) is 0 Å². The fourth-order valence-electron chi connectivity index (χ4n) is 14.2. The SMILES string of the molecule is c1ccc(-n2c3c(c4c2C(c2ccccc2)(c2ccccc2)c2ccccc2[Si]4(c2ccccc2)c2ccccc2)[Si](c2ccccc2)(c2ccccc2)c2ccccc2C3(c2ccccc2)c2ccccc2)cc1. The quantitative estimate of drug-likeness (QED) is 0.127. The van der Waals surface area contributed by atoms with Gasteiger partial charge in [0.05, 0.1) is 10.8 Å². The molecule has 2 aliphatic rings. The van der Waals surface area contributed by atoms with Crippen LogP contribution in [-0.4, -0.2) is 20.7 Å². The number of para-hydroxylation sites is 1. The molecule has 3 heterocycles. The van der Waals surface area contributed by atoms with Crippen LogP contribution in [0, 0.1) is 0 Å². The number of hydrogen-bond donors (Lipinski definition) is 0. The van der Waals surface area contributed by atoms with Gasteiger partial charge in [-0.15, -0.1) is 0 Å². The van der Waals surface area contributed by atoms with E-state index < -0.39 is 27.0 Å². The Morgan fingerprint density at radius 3 is 0.733 bits per heavy atom. The molecule has 0 saturated heterocycles. The minimum absolute atomic E-state index is 0.847. The van der Waals surface area contributed by atoms with Gasteiger partial charge in [0.15, 0.2) is 16.1 Å². The summed E-state index contributed by atoms with van der Waals surface area (Å²) in [7, 11) is -7.10. The zero-order valence-corrected chi connectivity index (χ0v) is 43.5. The summed E-state index contributed by atoms with van der Waals surface area (Å²) in [6, 6.07) is 124. The van der Waals surface area contributed by atoms with Crippen LogP contribution in [0.25, 0.3) is 5.69 Å². The maximum absolute atomic E-state index is 3.55. The lowest BCUT2D eigenvalue weighted by atomic mass is 9.66. The van der Waals surface area contributed by atoms with E-state index in [0.717, 1.165) is 5.69 Å². The third kappa shape index (κ3) is 6.17. The van der Waals surface area contributed by atoms with Crippen molar-refractivity contribution in [3.63, 3.8) is 0 Å². The van der Waals surface area contributed by atoms with E-state index in [0.29, 0.717) is 0 Å². The van der Waals surface area contributed by atoms with E-state index in [1.807, 2.05) is 0 Å². The number of nitrogens with zero attached hydrogens (tertiary/aromatic N) is 1. The Labute approximate surface area is 442 Å². The van der Waals surface area contributed by atoms with Crippen molar-refractivity contribution in [2.24, 2.45) is 0 Å². The second-order valence-electron chi connectivity index (χ2n) is 20.1. The third-order valence-corrected chi connectivity index (χ3v) is 26.8. The molecule has 0 spiro atoms. The molecule has 75 heavy (non-hydrogen) atoms. The highest BCUT2D eigenvalue weighted by Crippen LogP contribution is 2.54. The normalized spacial score (nSPS) is 15.1. The summed E-state index contributed by atoms with van der Waals surface area (Å²) in [5.74, 6) is 0. The lowest BCUT2D eigenvalue weighted by molar-refractivity contribution is 0.645. The van der Waals surface area contributed by atoms with Gasteiger partial charge in [-0.1, -0.05) is 309 Å². The van der Waals surface area contributed by atoms with Gasteiger partial charge >= 0.3 is 0 Å². The average molecular weight is 988 g/mol. The number of fused-ring (bicyclic) bond motifs is 5. The summed E-state index contributed by atoms with van der Waals surface area (Å²) >= 11 is 0. The molecule has 2 aliphatic heterocycles. The van der Waals surface area contributed by atoms with Crippen molar-refractivity contribution in [1.29, 1.82) is 0 Å². The predicted molar refractivity (Wildman–Crippen MR) is 317 cm³/mol. The highest BCUT2D eigenvalue weighted by Gasteiger charge is 2.66. The molecule has 1 nitrogen and oxygen atoms in total. The first kappa shape index (κ1) is 44.8. The molecule has 0 N–H and O–H groups in total. The number of hydrogen-bond acceptors (Lipinski definition) is 0. The maximum Gasteiger partial charge on any atom is 0.181 e. The highest BCUT2D eigenvalue weighted by molar-refractivity contribution is 7.27. The first-order valence-corrected chi connectivity index (χ1v) is 30.3. The van der Waals surface area contributed by atoms with Crippen LogP contribution in [0.2, 0.25) is 0 Å². The molecule has 1 aromatic heterocycles. The van der Waals surface area contributed by atoms with E-state index in [-0.39, 0.29) is 0 Å². The van der Waals surface area contributed by atoms with Gasteiger partial charge in [0, 0.05) is 17.1 Å². The van der Waals surface area contributed by atoms with Gasteiger partial charge in [0.1, 0.15) is 0 Å². The molecule has 0 radical (unpaired) electrons. The van der Waals surface area contributed by atoms with Crippen molar-refractivity contribution in [3.05, 3.63) is 366 Å². The van der Waals surface area contributed by atoms with Gasteiger partial charge in [-0.2, -0.15) is 0 Å². The van der Waals surface area contributed by atoms with Crippen LogP contribution in [0.4, 0.5) is 0 Å². The Balaban J connectivity index is 1.41. The number of benzene rings is 11. The molecule has 0 aliphatic carbocycles. The molecule has 0 unspecified atom stereocenters. The number of rotatable bonds is 9. The number of aromatic nitrogens is 1. The zero-order valence-electron chi connectivity index (χ0n) is 41.5. The Kier molecular flexibility index (Phi) is 10.7. The molecular weight excluding hydrogens is 935 g/mol. The fourth-order valence-corrected chi connectivity index (χ4v) is 26.0. The summed E-state index contributed by atoms with van der Waals surface area (Å²) in [6.07, 6.45) is 0. The van der Waals surface area contributed by atoms with E-state index in [1.165, 1.54) is 86.3 Å². The van der Waals surface area contributed by atoms with Gasteiger partial charge in [-0.25, -0.2) is 0 Å². The van der Waals surface area contributed by atoms with Crippen molar-refractivity contribution in [1.82, 2.24) is 4.57 Å². The van der Waals surface area contributed by atoms with Gasteiger partial charge < -0.3 is 4.57 Å². The van der Waals surface area contributed by atoms with Crippen molar-refractivity contribution in [2.75, 3.05) is 0 Å². The molecule has 0 fully saturated rings. The van der Waals surface area contributed by atoms with Crippen molar-refractivity contribution < 1.29 is 0 Å². The molecule has 354 valence electrons. The van der Waals surface area contributed by atoms with E-state index in [4.69, 9.17) is 0 Å². The first-order chi connectivity index (χ1) is 37.3. The monoisotopic (exact) mass is 987 g/mol. The molecule has 0 amide bonds. The van der Waals surface area contributed by atoms with Crippen LogP contribution < -0.4 is 41.5 Å². The van der Waals surface area contributed by atoms with Crippen LogP contribution in [-0.2, 0) is 10.8 Å². The molecule has 11 aromatic carbocycles. The minimum Gasteiger partial charge on any atom is -0.315 e. The fraction of sp³-hybridized carbons (Fsp3) is 0.0278. The summed E-state index contributed by atoms with van der Waals surface area (Å²) in [6.45, 7) is 0. The minimum atomic E-state index is -3.55. The summed E-state index contributed by atoms with van der Waals surface area (Å²) in [4.78, 5) is 0. The Hall–Kier alpha value is -8.87. The van der Waals surface area contributed by atoms with Gasteiger partial charge in [-0.3, -0.25) is 0 Å². The largest absolute Gasteiger partial charge is 0.315 e. The highest BCUT2D eigenvalue weighted by atomic mass is 28.3. The maximum atomic E-state index is 2.86. The topological polar surface area (TPSA) is 4.93 Å². The van der Waals surface area contributed by atoms with Crippen molar-refractivity contribution >= 4 is 57.6 Å². The second-order valence-corrected chi connectivity index (χ2v) is 27.5. The van der Waals surface area contributed by atoms with Crippen LogP contribution in [0.5, 0.6) is 0 Å². The smallest absolute Gasteiger partial charge is 0.181 e. The van der Waals surface area contributed by atoms with Crippen LogP contribution in [0.15, 0.2) is 322 Å². The van der Waals surface area contributed by atoms with E-state index in [2.05, 4.69) is 326 Å². The summed E-state index contributed by atoms with van der Waals surface area (Å²) < 4.78 is 2.86. The average Bonchev–Trinajstić information content (AvgIpc) is 3.87. The predicted octanol–water partition coefficient (Wildman–Crippen LogP) is 10.6. The summed E-state index contributed by atoms with van der Waals surface area (Å²) in [5.41, 5.74) is 9.61. The second kappa shape index (κ2) is 18.0. The van der Waals surface area contributed by atoms with Crippen LogP contribution >= 0.6 is 0 Å². The zero-order chi connectivity index (χ0) is 49.9. The van der Waals surface area contributed by atoms with E-state index in [1.54, 1.807) is 0 Å². The van der Waals surface area contributed by atoms with Crippen LogP contribution in [0.1, 0.15) is 44.8 Å². The van der Waals surface area contributed by atoms with E-state index >= 15 is 0 Å². The van der Waals surface area contributed by atoms with Crippen molar-refractivity contribution in [3.8, 4) is 5.69 Å². The molecule has 14 rings (SSSR count). The van der Waals surface area contributed by atoms with Crippen molar-refractivity contribution in [2.45, 2.75) is 10.8 Å². The Morgan fingerprint density at radius 1 is 0.227 bits per heavy atom. The lowest BCUT2D eigenvalue weighted by Gasteiger charge is -2.51. The lowest BCUT2D eigenvalue weighted by Crippen LogP contribution is -2.88.